The lowest BCUT2D eigenvalue weighted by atomic mass is 10.1. The maximum atomic E-state index is 13.2. The molecule has 2 unspecified atom stereocenters. The summed E-state index contributed by atoms with van der Waals surface area (Å²) >= 11 is 0. The normalized spacial score (nSPS) is 21.4. The summed E-state index contributed by atoms with van der Waals surface area (Å²) in [5, 5.41) is 3.36. The molecule has 2 rings (SSSR count). The Kier molecular flexibility index (Phi) is 8.15. The number of aliphatic imine (C=N–C) groups is 1. The van der Waals surface area contributed by atoms with Crippen LogP contribution in [0.25, 0.3) is 0 Å². The summed E-state index contributed by atoms with van der Waals surface area (Å²) in [6.45, 7) is 10.6. The molecular weight excluding hydrogens is 321 g/mol. The first-order chi connectivity index (χ1) is 12.1. The quantitative estimate of drug-likeness (QED) is 0.466. The van der Waals surface area contributed by atoms with Gasteiger partial charge in [-0.15, -0.1) is 0 Å². The van der Waals surface area contributed by atoms with Gasteiger partial charge >= 0.3 is 0 Å². The van der Waals surface area contributed by atoms with Crippen LogP contribution in [0.3, 0.4) is 0 Å². The Morgan fingerprint density at radius 1 is 1.32 bits per heavy atom. The zero-order chi connectivity index (χ0) is 18.1. The van der Waals surface area contributed by atoms with Crippen molar-refractivity contribution in [3.63, 3.8) is 0 Å². The van der Waals surface area contributed by atoms with Crippen LogP contribution in [-0.2, 0) is 9.47 Å². The van der Waals surface area contributed by atoms with E-state index in [4.69, 9.17) is 14.5 Å². The lowest BCUT2D eigenvalue weighted by Gasteiger charge is -2.38. The van der Waals surface area contributed by atoms with Crippen LogP contribution in [0.15, 0.2) is 29.3 Å². The smallest absolute Gasteiger partial charge is 0.194 e. The third kappa shape index (κ3) is 6.29. The first-order valence-corrected chi connectivity index (χ1v) is 9.16. The fraction of sp³-hybridized carbons (Fsp3) is 0.632. The first-order valence-electron chi connectivity index (χ1n) is 9.16. The molecule has 0 aromatic heterocycles. The average molecular weight is 351 g/mol. The molecule has 1 aliphatic heterocycles. The Bertz CT molecular complexity index is 536. The van der Waals surface area contributed by atoms with Gasteiger partial charge in [0.05, 0.1) is 12.6 Å². The van der Waals surface area contributed by atoms with Gasteiger partial charge in [0.15, 0.2) is 5.96 Å². The van der Waals surface area contributed by atoms with E-state index in [1.807, 2.05) is 6.92 Å². The summed E-state index contributed by atoms with van der Waals surface area (Å²) < 4.78 is 24.6. The minimum Gasteiger partial charge on any atom is -0.382 e. The van der Waals surface area contributed by atoms with Crippen LogP contribution in [-0.4, -0.2) is 56.4 Å². The highest BCUT2D eigenvalue weighted by atomic mass is 19.1. The Labute approximate surface area is 150 Å². The van der Waals surface area contributed by atoms with Crippen LogP contribution < -0.4 is 5.32 Å². The number of hydrogen-bond acceptors (Lipinski definition) is 3. The lowest BCUT2D eigenvalue weighted by Crippen LogP contribution is -2.50. The van der Waals surface area contributed by atoms with Gasteiger partial charge in [-0.3, -0.25) is 4.99 Å². The van der Waals surface area contributed by atoms with Gasteiger partial charge in [0.1, 0.15) is 11.9 Å². The zero-order valence-electron chi connectivity index (χ0n) is 15.5. The minimum atomic E-state index is -0.228. The zero-order valence-corrected chi connectivity index (χ0v) is 15.5. The van der Waals surface area contributed by atoms with Crippen LogP contribution >= 0.6 is 0 Å². The number of morpholine rings is 1. The lowest BCUT2D eigenvalue weighted by molar-refractivity contribution is -0.0605. The molecule has 1 saturated heterocycles. The van der Waals surface area contributed by atoms with E-state index in [1.54, 1.807) is 12.1 Å². The number of halogens is 1. The van der Waals surface area contributed by atoms with Crippen LogP contribution in [0.5, 0.6) is 0 Å². The molecule has 1 N–H and O–H groups in total. The van der Waals surface area contributed by atoms with Crippen molar-refractivity contribution >= 4 is 5.96 Å². The number of ether oxygens (including phenoxy) is 2. The van der Waals surface area contributed by atoms with Gasteiger partial charge in [0.2, 0.25) is 0 Å². The molecule has 1 fully saturated rings. The Morgan fingerprint density at radius 3 is 2.76 bits per heavy atom. The third-order valence-electron chi connectivity index (χ3n) is 4.05. The van der Waals surface area contributed by atoms with Gasteiger partial charge in [-0.25, -0.2) is 4.39 Å². The number of nitrogens with one attached hydrogen (secondary N) is 1. The topological polar surface area (TPSA) is 46.1 Å². The molecule has 25 heavy (non-hydrogen) atoms. The molecule has 6 heteroatoms. The third-order valence-corrected chi connectivity index (χ3v) is 4.05. The second-order valence-corrected chi connectivity index (χ2v) is 6.18. The largest absolute Gasteiger partial charge is 0.382 e. The summed E-state index contributed by atoms with van der Waals surface area (Å²) in [6, 6.07) is 6.55. The van der Waals surface area contributed by atoms with E-state index in [0.717, 1.165) is 50.8 Å². The van der Waals surface area contributed by atoms with Gasteiger partial charge in [0.25, 0.3) is 0 Å². The molecule has 2 atom stereocenters. The molecule has 1 aromatic carbocycles. The maximum Gasteiger partial charge on any atom is 0.194 e. The fourth-order valence-corrected chi connectivity index (χ4v) is 2.91. The maximum absolute atomic E-state index is 13.2. The van der Waals surface area contributed by atoms with Gasteiger partial charge in [-0.1, -0.05) is 12.1 Å². The van der Waals surface area contributed by atoms with E-state index in [0.29, 0.717) is 6.54 Å². The number of guanidine groups is 1. The van der Waals surface area contributed by atoms with Gasteiger partial charge in [-0.05, 0) is 44.9 Å². The first kappa shape index (κ1) is 19.7. The average Bonchev–Trinajstić information content (AvgIpc) is 2.60. The van der Waals surface area contributed by atoms with Crippen molar-refractivity contribution in [1.29, 1.82) is 0 Å². The predicted octanol–water partition coefficient (Wildman–Crippen LogP) is 2.98. The van der Waals surface area contributed by atoms with Crippen LogP contribution in [0.2, 0.25) is 0 Å². The van der Waals surface area contributed by atoms with E-state index in [-0.39, 0.29) is 18.0 Å². The highest BCUT2D eigenvalue weighted by Gasteiger charge is 2.28. The van der Waals surface area contributed by atoms with E-state index in [2.05, 4.69) is 24.1 Å². The summed E-state index contributed by atoms with van der Waals surface area (Å²) in [7, 11) is 0. The summed E-state index contributed by atoms with van der Waals surface area (Å²) in [5.41, 5.74) is 0.991. The van der Waals surface area contributed by atoms with Gasteiger partial charge in [-0.2, -0.15) is 0 Å². The molecule has 5 nitrogen and oxygen atoms in total. The molecule has 1 heterocycles. The number of benzene rings is 1. The molecular formula is C19H30FN3O2. The molecule has 0 spiro atoms. The predicted molar refractivity (Wildman–Crippen MR) is 98.3 cm³/mol. The van der Waals surface area contributed by atoms with Crippen LogP contribution in [0, 0.1) is 5.82 Å². The summed E-state index contributed by atoms with van der Waals surface area (Å²) in [6.07, 6.45) is 0.900. The van der Waals surface area contributed by atoms with E-state index in [1.165, 1.54) is 12.1 Å². The molecule has 0 aliphatic carbocycles. The summed E-state index contributed by atoms with van der Waals surface area (Å²) in [4.78, 5) is 6.95. The van der Waals surface area contributed by atoms with Gasteiger partial charge < -0.3 is 19.7 Å². The van der Waals surface area contributed by atoms with E-state index >= 15 is 0 Å². The fourth-order valence-electron chi connectivity index (χ4n) is 2.91. The van der Waals surface area contributed by atoms with Crippen molar-refractivity contribution in [3.8, 4) is 0 Å². The van der Waals surface area contributed by atoms with Crippen molar-refractivity contribution in [2.75, 3.05) is 39.4 Å². The highest BCUT2D eigenvalue weighted by molar-refractivity contribution is 5.80. The highest BCUT2D eigenvalue weighted by Crippen LogP contribution is 2.25. The molecule has 0 amide bonds. The second-order valence-electron chi connectivity index (χ2n) is 6.18. The Balaban J connectivity index is 2.03. The molecule has 0 saturated carbocycles. The molecule has 0 bridgehead atoms. The molecule has 140 valence electrons. The minimum absolute atomic E-state index is 0.0797. The number of nitrogens with zero attached hydrogens (tertiary/aromatic N) is 2. The van der Waals surface area contributed by atoms with Crippen molar-refractivity contribution in [2.24, 2.45) is 4.99 Å². The second kappa shape index (κ2) is 10.4. The van der Waals surface area contributed by atoms with Crippen LogP contribution in [0.1, 0.15) is 38.9 Å². The van der Waals surface area contributed by atoms with E-state index in [9.17, 15) is 4.39 Å². The Hall–Kier alpha value is -1.66. The van der Waals surface area contributed by atoms with Gasteiger partial charge in [0, 0.05) is 32.8 Å². The molecule has 0 radical (unpaired) electrons. The molecule has 1 aromatic rings. The monoisotopic (exact) mass is 351 g/mol. The van der Waals surface area contributed by atoms with E-state index < -0.39 is 0 Å². The summed E-state index contributed by atoms with van der Waals surface area (Å²) in [5.74, 6) is 0.676. The van der Waals surface area contributed by atoms with Crippen molar-refractivity contribution in [1.82, 2.24) is 10.2 Å². The van der Waals surface area contributed by atoms with Crippen molar-refractivity contribution in [2.45, 2.75) is 39.4 Å². The standard InChI is InChI=1S/C19H30FN3O2/c1-4-21-19(22-11-6-12-24-5-2)23-13-15(3)25-18(14-23)16-7-9-17(20)10-8-16/h7-10,15,18H,4-6,11-14H2,1-3H3,(H,21,22). The van der Waals surface area contributed by atoms with Crippen molar-refractivity contribution in [3.05, 3.63) is 35.6 Å². The number of rotatable bonds is 7. The molecule has 1 aliphatic rings. The van der Waals surface area contributed by atoms with Crippen molar-refractivity contribution < 1.29 is 13.9 Å². The Morgan fingerprint density at radius 2 is 2.08 bits per heavy atom. The van der Waals surface area contributed by atoms with Crippen LogP contribution in [0.4, 0.5) is 4.39 Å². The SMILES string of the molecule is CCNC(=NCCCOCC)N1CC(C)OC(c2ccc(F)cc2)C1. The number of hydrogen-bond donors (Lipinski definition) is 1.